The lowest BCUT2D eigenvalue weighted by atomic mass is 9.81. The Bertz CT molecular complexity index is 677. The molecule has 0 fully saturated rings. The summed E-state index contributed by atoms with van der Waals surface area (Å²) in [7, 11) is 0. The van der Waals surface area contributed by atoms with Crippen LogP contribution in [0.1, 0.15) is 43.7 Å². The van der Waals surface area contributed by atoms with Crippen molar-refractivity contribution < 1.29 is 14.6 Å². The van der Waals surface area contributed by atoms with Crippen LogP contribution in [0.3, 0.4) is 0 Å². The van der Waals surface area contributed by atoms with Crippen molar-refractivity contribution in [2.75, 3.05) is 0 Å². The van der Waals surface area contributed by atoms with E-state index < -0.39 is 17.3 Å². The maximum absolute atomic E-state index is 14.2. The van der Waals surface area contributed by atoms with Gasteiger partial charge in [0.15, 0.2) is 0 Å². The van der Waals surface area contributed by atoms with E-state index in [1.807, 2.05) is 20.8 Å². The van der Waals surface area contributed by atoms with E-state index in [9.17, 15) is 14.6 Å². The maximum Gasteiger partial charge on any atom is 0.149 e. The van der Waals surface area contributed by atoms with Crippen LogP contribution in [0.15, 0.2) is 30.5 Å². The summed E-state index contributed by atoms with van der Waals surface area (Å²) >= 11 is 0. The number of aromatic nitrogens is 1. The van der Waals surface area contributed by atoms with Crippen LogP contribution in [0.2, 0.25) is 0 Å². The molecule has 22 heavy (non-hydrogen) atoms. The van der Waals surface area contributed by atoms with Gasteiger partial charge in [0, 0.05) is 11.3 Å². The number of aliphatic hydroxyl groups excluding tert-OH is 2. The highest BCUT2D eigenvalue weighted by Gasteiger charge is 2.27. The normalized spacial score (nSPS) is 13.2. The SMILES string of the molecule is Cc1cc(-c2ccc(CO)cc2C(O)C(C)(C)C)c(F)cn1. The molecule has 2 N–H and O–H groups in total. The molecule has 1 heterocycles. The molecule has 1 unspecified atom stereocenters. The predicted molar refractivity (Wildman–Crippen MR) is 84.7 cm³/mol. The van der Waals surface area contributed by atoms with Crippen LogP contribution in [0.25, 0.3) is 11.1 Å². The molecule has 1 atom stereocenters. The second-order valence-corrected chi connectivity index (χ2v) is 6.65. The molecule has 2 aromatic rings. The topological polar surface area (TPSA) is 53.4 Å². The minimum Gasteiger partial charge on any atom is -0.392 e. The Hall–Kier alpha value is -1.78. The lowest BCUT2D eigenvalue weighted by Crippen LogP contribution is -2.19. The van der Waals surface area contributed by atoms with Crippen LogP contribution in [0, 0.1) is 18.2 Å². The summed E-state index contributed by atoms with van der Waals surface area (Å²) in [6.45, 7) is 7.43. The number of hydrogen-bond donors (Lipinski definition) is 2. The van der Waals surface area contributed by atoms with Crippen LogP contribution < -0.4 is 0 Å². The molecule has 0 aliphatic heterocycles. The monoisotopic (exact) mass is 303 g/mol. The van der Waals surface area contributed by atoms with E-state index >= 15 is 0 Å². The molecule has 0 spiro atoms. The van der Waals surface area contributed by atoms with Gasteiger partial charge in [0.05, 0.1) is 18.9 Å². The number of halogens is 1. The smallest absolute Gasteiger partial charge is 0.149 e. The Labute approximate surface area is 130 Å². The van der Waals surface area contributed by atoms with E-state index in [4.69, 9.17) is 0 Å². The summed E-state index contributed by atoms with van der Waals surface area (Å²) in [5.41, 5.74) is 2.65. The zero-order valence-corrected chi connectivity index (χ0v) is 13.4. The zero-order valence-electron chi connectivity index (χ0n) is 13.4. The Morgan fingerprint density at radius 2 is 1.86 bits per heavy atom. The highest BCUT2D eigenvalue weighted by Crippen LogP contribution is 2.39. The second-order valence-electron chi connectivity index (χ2n) is 6.65. The van der Waals surface area contributed by atoms with Crippen molar-refractivity contribution in [3.63, 3.8) is 0 Å². The quantitative estimate of drug-likeness (QED) is 0.907. The fraction of sp³-hybridized carbons (Fsp3) is 0.389. The molecule has 0 aliphatic rings. The molecule has 1 aromatic heterocycles. The van der Waals surface area contributed by atoms with Gasteiger partial charge in [0.25, 0.3) is 0 Å². The largest absolute Gasteiger partial charge is 0.392 e. The first-order chi connectivity index (χ1) is 10.2. The van der Waals surface area contributed by atoms with E-state index in [0.29, 0.717) is 27.9 Å². The molecule has 3 nitrogen and oxygen atoms in total. The van der Waals surface area contributed by atoms with Gasteiger partial charge in [-0.15, -0.1) is 0 Å². The third-order valence-corrected chi connectivity index (χ3v) is 3.70. The summed E-state index contributed by atoms with van der Waals surface area (Å²) in [4.78, 5) is 3.94. The van der Waals surface area contributed by atoms with Crippen LogP contribution >= 0.6 is 0 Å². The van der Waals surface area contributed by atoms with E-state index in [0.717, 1.165) is 0 Å². The zero-order chi connectivity index (χ0) is 16.5. The summed E-state index contributed by atoms with van der Waals surface area (Å²) in [5, 5.41) is 20.0. The number of benzene rings is 1. The Morgan fingerprint density at radius 1 is 1.18 bits per heavy atom. The molecule has 118 valence electrons. The fourth-order valence-corrected chi connectivity index (χ4v) is 2.40. The summed E-state index contributed by atoms with van der Waals surface area (Å²) in [6.07, 6.45) is 0.416. The number of rotatable bonds is 3. The van der Waals surface area contributed by atoms with E-state index in [1.54, 1.807) is 31.2 Å². The molecule has 0 saturated heterocycles. The highest BCUT2D eigenvalue weighted by atomic mass is 19.1. The van der Waals surface area contributed by atoms with Gasteiger partial charge in [-0.2, -0.15) is 0 Å². The Balaban J connectivity index is 2.68. The van der Waals surface area contributed by atoms with Crippen molar-refractivity contribution in [3.8, 4) is 11.1 Å². The Kier molecular flexibility index (Phi) is 4.63. The van der Waals surface area contributed by atoms with Crippen LogP contribution in [-0.2, 0) is 6.61 Å². The molecule has 4 heteroatoms. The number of aliphatic hydroxyl groups is 2. The number of aryl methyl sites for hydroxylation is 1. The van der Waals surface area contributed by atoms with Gasteiger partial charge < -0.3 is 10.2 Å². The maximum atomic E-state index is 14.2. The van der Waals surface area contributed by atoms with Crippen LogP contribution in [0.5, 0.6) is 0 Å². The minimum absolute atomic E-state index is 0.123. The number of hydrogen-bond acceptors (Lipinski definition) is 3. The predicted octanol–water partition coefficient (Wildman–Crippen LogP) is 3.77. The molecule has 0 bridgehead atoms. The number of nitrogens with zero attached hydrogens (tertiary/aromatic N) is 1. The Morgan fingerprint density at radius 3 is 2.45 bits per heavy atom. The average molecular weight is 303 g/mol. The summed E-state index contributed by atoms with van der Waals surface area (Å²) in [6, 6.07) is 6.89. The molecular weight excluding hydrogens is 281 g/mol. The molecule has 0 aliphatic carbocycles. The minimum atomic E-state index is -0.776. The van der Waals surface area contributed by atoms with Crippen molar-refractivity contribution in [2.45, 2.75) is 40.4 Å². The number of pyridine rings is 1. The lowest BCUT2D eigenvalue weighted by Gasteiger charge is -2.28. The average Bonchev–Trinajstić information content (AvgIpc) is 2.47. The molecule has 1 aromatic carbocycles. The van der Waals surface area contributed by atoms with Gasteiger partial charge in [-0.1, -0.05) is 39.0 Å². The molecule has 2 rings (SSSR count). The molecule has 0 amide bonds. The first-order valence-electron chi connectivity index (χ1n) is 7.28. The van der Waals surface area contributed by atoms with Crippen molar-refractivity contribution in [3.05, 3.63) is 53.1 Å². The first-order valence-corrected chi connectivity index (χ1v) is 7.28. The van der Waals surface area contributed by atoms with Crippen LogP contribution in [-0.4, -0.2) is 15.2 Å². The standard InChI is InChI=1S/C18H22FNO2/c1-11-7-14(16(19)9-20-11)13-6-5-12(10-21)8-15(13)17(22)18(2,3)4/h5-9,17,21-22H,10H2,1-4H3. The van der Waals surface area contributed by atoms with Crippen molar-refractivity contribution >= 4 is 0 Å². The molecular formula is C18H22FNO2. The first kappa shape index (κ1) is 16.6. The van der Waals surface area contributed by atoms with Gasteiger partial charge in [-0.3, -0.25) is 4.98 Å². The fourth-order valence-electron chi connectivity index (χ4n) is 2.40. The lowest BCUT2D eigenvalue weighted by molar-refractivity contribution is 0.0630. The van der Waals surface area contributed by atoms with Crippen LogP contribution in [0.4, 0.5) is 4.39 Å². The van der Waals surface area contributed by atoms with Gasteiger partial charge in [-0.25, -0.2) is 4.39 Å². The third-order valence-electron chi connectivity index (χ3n) is 3.70. The van der Waals surface area contributed by atoms with Gasteiger partial charge in [-0.05, 0) is 35.1 Å². The van der Waals surface area contributed by atoms with E-state index in [2.05, 4.69) is 4.98 Å². The van der Waals surface area contributed by atoms with E-state index in [-0.39, 0.29) is 6.61 Å². The summed E-state index contributed by atoms with van der Waals surface area (Å²) in [5.74, 6) is -0.426. The van der Waals surface area contributed by atoms with Crippen molar-refractivity contribution in [1.29, 1.82) is 0 Å². The van der Waals surface area contributed by atoms with Gasteiger partial charge in [0.1, 0.15) is 5.82 Å². The molecule has 0 radical (unpaired) electrons. The molecule has 0 saturated carbocycles. The highest BCUT2D eigenvalue weighted by molar-refractivity contribution is 5.69. The summed E-state index contributed by atoms with van der Waals surface area (Å²) < 4.78 is 14.2. The van der Waals surface area contributed by atoms with Gasteiger partial charge in [0.2, 0.25) is 0 Å². The van der Waals surface area contributed by atoms with Gasteiger partial charge >= 0.3 is 0 Å². The van der Waals surface area contributed by atoms with Crippen molar-refractivity contribution in [2.24, 2.45) is 5.41 Å². The third kappa shape index (κ3) is 3.34. The van der Waals surface area contributed by atoms with Crippen molar-refractivity contribution in [1.82, 2.24) is 4.98 Å². The van der Waals surface area contributed by atoms with E-state index in [1.165, 1.54) is 6.20 Å². The second kappa shape index (κ2) is 6.15.